The number of para-hydroxylation sites is 1. The van der Waals surface area contributed by atoms with Crippen LogP contribution in [0.1, 0.15) is 33.4 Å². The number of carbonyl (C=O) groups excluding carboxylic acids is 1. The number of methoxy groups -OCH3 is 2. The zero-order chi connectivity index (χ0) is 22.6. The number of amides is 1. The van der Waals surface area contributed by atoms with Crippen LogP contribution >= 0.6 is 27.3 Å². The van der Waals surface area contributed by atoms with Gasteiger partial charge in [-0.25, -0.2) is 4.98 Å². The van der Waals surface area contributed by atoms with Crippen LogP contribution < -0.4 is 19.8 Å². The fourth-order valence-corrected chi connectivity index (χ4v) is 5.20. The number of nitrogens with zero attached hydrogens (tertiary/aromatic N) is 2. The highest BCUT2D eigenvalue weighted by Crippen LogP contribution is 2.46. The Kier molecular flexibility index (Phi) is 5.02. The van der Waals surface area contributed by atoms with Crippen LogP contribution in [0.15, 0.2) is 55.5 Å². The maximum absolute atomic E-state index is 13.7. The Morgan fingerprint density at radius 1 is 1.16 bits per heavy atom. The summed E-state index contributed by atoms with van der Waals surface area (Å²) in [5.41, 5.74) is 1.70. The number of hydrogen-bond donors (Lipinski definition) is 0. The van der Waals surface area contributed by atoms with Crippen molar-refractivity contribution in [1.82, 2.24) is 4.98 Å². The van der Waals surface area contributed by atoms with Gasteiger partial charge in [-0.05, 0) is 31.2 Å². The van der Waals surface area contributed by atoms with Crippen LogP contribution in [-0.2, 0) is 0 Å². The van der Waals surface area contributed by atoms with Gasteiger partial charge in [0, 0.05) is 15.4 Å². The number of anilines is 1. The highest BCUT2D eigenvalue weighted by molar-refractivity contribution is 9.10. The van der Waals surface area contributed by atoms with E-state index in [0.29, 0.717) is 33.2 Å². The number of halogens is 1. The summed E-state index contributed by atoms with van der Waals surface area (Å²) in [6.07, 6.45) is 0. The largest absolute Gasteiger partial charge is 0.493 e. The van der Waals surface area contributed by atoms with Crippen LogP contribution in [0, 0.1) is 6.92 Å². The van der Waals surface area contributed by atoms with Crippen molar-refractivity contribution < 1.29 is 18.7 Å². The smallest absolute Gasteiger partial charge is 0.297 e. The molecule has 9 heteroatoms. The van der Waals surface area contributed by atoms with Gasteiger partial charge in [0.2, 0.25) is 5.76 Å². The van der Waals surface area contributed by atoms with Crippen molar-refractivity contribution in [3.63, 3.8) is 0 Å². The van der Waals surface area contributed by atoms with Gasteiger partial charge < -0.3 is 13.9 Å². The summed E-state index contributed by atoms with van der Waals surface area (Å²) in [4.78, 5) is 33.3. The van der Waals surface area contributed by atoms with E-state index in [1.807, 2.05) is 18.4 Å². The molecule has 0 fully saturated rings. The molecule has 0 bridgehead atoms. The number of aryl methyl sites for hydroxylation is 1. The summed E-state index contributed by atoms with van der Waals surface area (Å²) < 4.78 is 17.8. The van der Waals surface area contributed by atoms with Gasteiger partial charge >= 0.3 is 0 Å². The first-order valence-electron chi connectivity index (χ1n) is 9.67. The van der Waals surface area contributed by atoms with Crippen molar-refractivity contribution in [2.24, 2.45) is 0 Å². The molecular weight excluding hydrogens is 496 g/mol. The van der Waals surface area contributed by atoms with Crippen LogP contribution in [0.5, 0.6) is 11.5 Å². The number of benzene rings is 2. The van der Waals surface area contributed by atoms with Gasteiger partial charge in [-0.3, -0.25) is 14.5 Å². The molecule has 162 valence electrons. The summed E-state index contributed by atoms with van der Waals surface area (Å²) in [6, 6.07) is 9.72. The predicted molar refractivity (Wildman–Crippen MR) is 125 cm³/mol. The molecule has 7 nitrogen and oxygen atoms in total. The average Bonchev–Trinajstić information content (AvgIpc) is 3.34. The quantitative estimate of drug-likeness (QED) is 0.378. The summed E-state index contributed by atoms with van der Waals surface area (Å²) in [6.45, 7) is 1.85. The minimum absolute atomic E-state index is 0.00699. The van der Waals surface area contributed by atoms with Crippen LogP contribution in [0.25, 0.3) is 11.0 Å². The van der Waals surface area contributed by atoms with Gasteiger partial charge in [0.25, 0.3) is 5.91 Å². The molecule has 3 heterocycles. The van der Waals surface area contributed by atoms with Gasteiger partial charge in [-0.1, -0.05) is 28.1 Å². The molecule has 1 aliphatic rings. The highest BCUT2D eigenvalue weighted by atomic mass is 79.9. The third-order valence-electron chi connectivity index (χ3n) is 5.37. The van der Waals surface area contributed by atoms with E-state index >= 15 is 0 Å². The Hall–Kier alpha value is -3.17. The molecule has 0 aliphatic carbocycles. The molecule has 0 spiro atoms. The molecule has 0 N–H and O–H groups in total. The Bertz CT molecular complexity index is 1440. The number of rotatable bonds is 4. The predicted octanol–water partition coefficient (Wildman–Crippen LogP) is 5.09. The summed E-state index contributed by atoms with van der Waals surface area (Å²) in [7, 11) is 3.06. The van der Waals surface area contributed by atoms with Crippen molar-refractivity contribution in [2.45, 2.75) is 13.0 Å². The van der Waals surface area contributed by atoms with Gasteiger partial charge in [0.1, 0.15) is 11.6 Å². The molecule has 0 saturated carbocycles. The first-order chi connectivity index (χ1) is 15.4. The Labute approximate surface area is 195 Å². The average molecular weight is 513 g/mol. The number of ether oxygens (including phenoxy) is 2. The molecule has 0 saturated heterocycles. The number of thiazole rings is 1. The van der Waals surface area contributed by atoms with Gasteiger partial charge in [-0.2, -0.15) is 0 Å². The van der Waals surface area contributed by atoms with Crippen molar-refractivity contribution in [1.29, 1.82) is 0 Å². The third-order valence-corrected chi connectivity index (χ3v) is 6.82. The van der Waals surface area contributed by atoms with E-state index in [2.05, 4.69) is 20.9 Å². The lowest BCUT2D eigenvalue weighted by Gasteiger charge is -2.24. The second-order valence-corrected chi connectivity index (χ2v) is 9.00. The number of aromatic nitrogens is 1. The Balaban J connectivity index is 1.86. The first kappa shape index (κ1) is 20.7. The lowest BCUT2D eigenvalue weighted by molar-refractivity contribution is 0.0970. The molecule has 32 heavy (non-hydrogen) atoms. The molecule has 0 unspecified atom stereocenters. The molecule has 2 aromatic carbocycles. The third kappa shape index (κ3) is 3.03. The standard InChI is InChI=1S/C23H17BrN2O5S/c1-11-10-32-23(25-11)26-18(13-5-4-6-16(29-2)20(13)30-3)17-19(27)14-9-12(24)7-8-15(14)31-21(17)22(26)28/h4-10,18H,1-3H3/t18-/m0/s1. The zero-order valence-corrected chi connectivity index (χ0v) is 19.7. The van der Waals surface area contributed by atoms with Crippen LogP contribution in [0.4, 0.5) is 5.13 Å². The molecule has 1 amide bonds. The summed E-state index contributed by atoms with van der Waals surface area (Å²) in [5, 5.41) is 2.71. The van der Waals surface area contributed by atoms with Crippen molar-refractivity contribution in [2.75, 3.05) is 19.1 Å². The molecule has 2 aromatic heterocycles. The second kappa shape index (κ2) is 7.75. The highest BCUT2D eigenvalue weighted by Gasteiger charge is 2.46. The fraction of sp³-hybridized carbons (Fsp3) is 0.174. The molecular formula is C23H17BrN2O5S. The van der Waals surface area contributed by atoms with E-state index in [1.54, 1.807) is 30.3 Å². The molecule has 1 atom stereocenters. The Morgan fingerprint density at radius 3 is 2.66 bits per heavy atom. The van der Waals surface area contributed by atoms with Crippen LogP contribution in [-0.4, -0.2) is 25.1 Å². The lowest BCUT2D eigenvalue weighted by atomic mass is 9.97. The van der Waals surface area contributed by atoms with Gasteiger partial charge in [0.05, 0.1) is 30.9 Å². The van der Waals surface area contributed by atoms with E-state index in [1.165, 1.54) is 30.5 Å². The minimum atomic E-state index is -0.785. The zero-order valence-electron chi connectivity index (χ0n) is 17.3. The number of fused-ring (bicyclic) bond motifs is 2. The van der Waals surface area contributed by atoms with Gasteiger partial charge in [0.15, 0.2) is 22.1 Å². The van der Waals surface area contributed by atoms with Gasteiger partial charge in [-0.15, -0.1) is 11.3 Å². The molecule has 1 aliphatic heterocycles. The SMILES string of the molecule is COc1cccc([C@H]2c3c(oc4ccc(Br)cc4c3=O)C(=O)N2c2nc(C)cs2)c1OC. The lowest BCUT2D eigenvalue weighted by Crippen LogP contribution is -2.29. The van der Waals surface area contributed by atoms with Crippen molar-refractivity contribution >= 4 is 49.3 Å². The van der Waals surface area contributed by atoms with E-state index < -0.39 is 11.9 Å². The van der Waals surface area contributed by atoms with E-state index in [4.69, 9.17) is 13.9 Å². The molecule has 5 rings (SSSR count). The monoisotopic (exact) mass is 512 g/mol. The molecule has 0 radical (unpaired) electrons. The number of carbonyl (C=O) groups is 1. The van der Waals surface area contributed by atoms with Crippen LogP contribution in [0.3, 0.4) is 0 Å². The van der Waals surface area contributed by atoms with Crippen molar-refractivity contribution in [3.05, 3.63) is 79.1 Å². The molecule has 4 aromatic rings. The van der Waals surface area contributed by atoms with Crippen molar-refractivity contribution in [3.8, 4) is 11.5 Å². The van der Waals surface area contributed by atoms with E-state index in [-0.39, 0.29) is 16.8 Å². The maximum atomic E-state index is 13.7. The number of hydrogen-bond acceptors (Lipinski definition) is 7. The fourth-order valence-electron chi connectivity index (χ4n) is 4.02. The maximum Gasteiger partial charge on any atom is 0.297 e. The second-order valence-electron chi connectivity index (χ2n) is 7.25. The summed E-state index contributed by atoms with van der Waals surface area (Å²) >= 11 is 4.74. The first-order valence-corrected chi connectivity index (χ1v) is 11.3. The Morgan fingerprint density at radius 2 is 1.97 bits per heavy atom. The van der Waals surface area contributed by atoms with Crippen LogP contribution in [0.2, 0.25) is 0 Å². The minimum Gasteiger partial charge on any atom is -0.493 e. The normalized spacial score (nSPS) is 15.3. The van der Waals surface area contributed by atoms with E-state index in [0.717, 1.165) is 10.2 Å². The summed E-state index contributed by atoms with van der Waals surface area (Å²) in [5.74, 6) is 0.514. The van der Waals surface area contributed by atoms with E-state index in [9.17, 15) is 9.59 Å². The topological polar surface area (TPSA) is 81.9 Å².